The van der Waals surface area contributed by atoms with Crippen molar-refractivity contribution in [2.75, 3.05) is 11.1 Å². The topological polar surface area (TPSA) is 55.1 Å². The molecule has 2 aromatic carbocycles. The highest BCUT2D eigenvalue weighted by Gasteiger charge is 2.21. The lowest BCUT2D eigenvalue weighted by Gasteiger charge is -2.22. The molecule has 1 amide bonds. The molecule has 0 atom stereocenters. The molecule has 0 spiro atoms. The van der Waals surface area contributed by atoms with E-state index in [0.717, 1.165) is 5.56 Å². The zero-order chi connectivity index (χ0) is 15.6. The van der Waals surface area contributed by atoms with Gasteiger partial charge in [-0.25, -0.2) is 0 Å². The molecule has 110 valence electrons. The van der Waals surface area contributed by atoms with Crippen LogP contribution in [0, 0.1) is 0 Å². The van der Waals surface area contributed by atoms with Gasteiger partial charge < -0.3 is 11.1 Å². The van der Waals surface area contributed by atoms with Gasteiger partial charge in [0.05, 0.1) is 16.4 Å². The summed E-state index contributed by atoms with van der Waals surface area (Å²) < 4.78 is 0. The number of carbonyl (C=O) groups excluding carboxylic acids is 1. The number of anilines is 2. The van der Waals surface area contributed by atoms with Gasteiger partial charge in [-0.1, -0.05) is 56.6 Å². The average Bonchev–Trinajstić information content (AvgIpc) is 2.42. The summed E-state index contributed by atoms with van der Waals surface area (Å²) in [7, 11) is 0. The number of para-hydroxylation sites is 1. The molecule has 0 aromatic heterocycles. The first-order valence-corrected chi connectivity index (χ1v) is 7.13. The van der Waals surface area contributed by atoms with Crippen molar-refractivity contribution in [3.8, 4) is 0 Å². The largest absolute Gasteiger partial charge is 0.397 e. The Kier molecular flexibility index (Phi) is 4.24. The molecule has 0 unspecified atom stereocenters. The lowest BCUT2D eigenvalue weighted by atomic mass is 9.83. The third-order valence-corrected chi connectivity index (χ3v) is 3.58. The van der Waals surface area contributed by atoms with Crippen molar-refractivity contribution in [3.05, 3.63) is 58.6 Å². The van der Waals surface area contributed by atoms with Crippen molar-refractivity contribution in [3.63, 3.8) is 0 Å². The Labute approximate surface area is 130 Å². The molecule has 0 bridgehead atoms. The molecule has 21 heavy (non-hydrogen) atoms. The maximum Gasteiger partial charge on any atom is 0.256 e. The first kappa shape index (κ1) is 15.4. The van der Waals surface area contributed by atoms with Gasteiger partial charge in [-0.3, -0.25) is 4.79 Å². The summed E-state index contributed by atoms with van der Waals surface area (Å²) in [6.45, 7) is 6.22. The van der Waals surface area contributed by atoms with Gasteiger partial charge in [0, 0.05) is 5.56 Å². The van der Waals surface area contributed by atoms with Crippen LogP contribution in [0.3, 0.4) is 0 Å². The fraction of sp³-hybridized carbons (Fsp3) is 0.235. The van der Waals surface area contributed by atoms with Gasteiger partial charge in [-0.15, -0.1) is 0 Å². The SMILES string of the molecule is CC(C)(C)c1ccccc1C(=O)Nc1c(N)cccc1Cl. The Hall–Kier alpha value is -2.00. The average molecular weight is 303 g/mol. The number of nitrogens with two attached hydrogens (primary N) is 1. The number of benzene rings is 2. The normalized spacial score (nSPS) is 11.2. The van der Waals surface area contributed by atoms with Crippen LogP contribution in [0.5, 0.6) is 0 Å². The number of amides is 1. The molecule has 0 aliphatic carbocycles. The van der Waals surface area contributed by atoms with Gasteiger partial charge in [-0.2, -0.15) is 0 Å². The Morgan fingerprint density at radius 2 is 1.76 bits per heavy atom. The lowest BCUT2D eigenvalue weighted by molar-refractivity contribution is 0.102. The van der Waals surface area contributed by atoms with E-state index in [0.29, 0.717) is 22.0 Å². The molecule has 2 aromatic rings. The van der Waals surface area contributed by atoms with E-state index >= 15 is 0 Å². The minimum absolute atomic E-state index is 0.125. The summed E-state index contributed by atoms with van der Waals surface area (Å²) in [5, 5.41) is 3.24. The zero-order valence-corrected chi connectivity index (χ0v) is 13.2. The van der Waals surface area contributed by atoms with Crippen molar-refractivity contribution in [2.24, 2.45) is 0 Å². The van der Waals surface area contributed by atoms with Crippen molar-refractivity contribution in [1.29, 1.82) is 0 Å². The molecule has 2 rings (SSSR count). The number of hydrogen-bond donors (Lipinski definition) is 2. The summed E-state index contributed by atoms with van der Waals surface area (Å²) in [5.74, 6) is -0.208. The Morgan fingerprint density at radius 3 is 2.38 bits per heavy atom. The molecular weight excluding hydrogens is 284 g/mol. The zero-order valence-electron chi connectivity index (χ0n) is 12.4. The van der Waals surface area contributed by atoms with Gasteiger partial charge in [0.1, 0.15) is 0 Å². The highest BCUT2D eigenvalue weighted by molar-refractivity contribution is 6.34. The fourth-order valence-corrected chi connectivity index (χ4v) is 2.42. The van der Waals surface area contributed by atoms with E-state index in [1.165, 1.54) is 0 Å². The van der Waals surface area contributed by atoms with E-state index < -0.39 is 0 Å². The standard InChI is InChI=1S/C17H19ClN2O/c1-17(2,3)12-8-5-4-7-11(12)16(21)20-15-13(18)9-6-10-14(15)19/h4-10H,19H2,1-3H3,(H,20,21). The molecule has 4 heteroatoms. The van der Waals surface area contributed by atoms with Crippen LogP contribution in [-0.4, -0.2) is 5.91 Å². The first-order chi connectivity index (χ1) is 9.80. The van der Waals surface area contributed by atoms with Crippen LogP contribution in [0.1, 0.15) is 36.7 Å². The third kappa shape index (κ3) is 3.37. The van der Waals surface area contributed by atoms with Crippen LogP contribution in [0.15, 0.2) is 42.5 Å². The van der Waals surface area contributed by atoms with E-state index in [4.69, 9.17) is 17.3 Å². The van der Waals surface area contributed by atoms with Crippen LogP contribution >= 0.6 is 11.6 Å². The molecule has 0 aliphatic rings. The summed E-state index contributed by atoms with van der Waals surface area (Å²) in [5.41, 5.74) is 8.26. The quantitative estimate of drug-likeness (QED) is 0.804. The number of rotatable bonds is 2. The minimum atomic E-state index is -0.208. The van der Waals surface area contributed by atoms with E-state index in [2.05, 4.69) is 26.1 Å². The summed E-state index contributed by atoms with van der Waals surface area (Å²) in [4.78, 5) is 12.6. The van der Waals surface area contributed by atoms with E-state index in [1.54, 1.807) is 18.2 Å². The van der Waals surface area contributed by atoms with Crippen molar-refractivity contribution in [1.82, 2.24) is 0 Å². The van der Waals surface area contributed by atoms with Crippen LogP contribution in [0.4, 0.5) is 11.4 Å². The molecule has 3 nitrogen and oxygen atoms in total. The number of carbonyl (C=O) groups is 1. The van der Waals surface area contributed by atoms with Crippen LogP contribution < -0.4 is 11.1 Å². The predicted octanol–water partition coefficient (Wildman–Crippen LogP) is 4.47. The van der Waals surface area contributed by atoms with E-state index in [9.17, 15) is 4.79 Å². The molecule has 0 aliphatic heterocycles. The second kappa shape index (κ2) is 5.78. The van der Waals surface area contributed by atoms with Gasteiger partial charge >= 0.3 is 0 Å². The highest BCUT2D eigenvalue weighted by atomic mass is 35.5. The number of halogens is 1. The predicted molar refractivity (Wildman–Crippen MR) is 89.0 cm³/mol. The van der Waals surface area contributed by atoms with E-state index in [1.807, 2.05) is 24.3 Å². The maximum absolute atomic E-state index is 12.6. The molecule has 0 fully saturated rings. The summed E-state index contributed by atoms with van der Waals surface area (Å²) in [6.07, 6.45) is 0. The molecule has 3 N–H and O–H groups in total. The molecule has 0 radical (unpaired) electrons. The smallest absolute Gasteiger partial charge is 0.256 e. The van der Waals surface area contributed by atoms with E-state index in [-0.39, 0.29) is 11.3 Å². The molecule has 0 heterocycles. The van der Waals surface area contributed by atoms with Gasteiger partial charge in [0.25, 0.3) is 5.91 Å². The number of nitrogen functional groups attached to an aromatic ring is 1. The highest BCUT2D eigenvalue weighted by Crippen LogP contribution is 2.30. The van der Waals surface area contributed by atoms with Crippen LogP contribution in [0.25, 0.3) is 0 Å². The van der Waals surface area contributed by atoms with Gasteiger partial charge in [0.2, 0.25) is 0 Å². The van der Waals surface area contributed by atoms with Crippen molar-refractivity contribution >= 4 is 28.9 Å². The second-order valence-corrected chi connectivity index (χ2v) is 6.36. The fourth-order valence-electron chi connectivity index (χ4n) is 2.19. The third-order valence-electron chi connectivity index (χ3n) is 3.26. The van der Waals surface area contributed by atoms with Crippen molar-refractivity contribution < 1.29 is 4.79 Å². The van der Waals surface area contributed by atoms with Crippen LogP contribution in [0.2, 0.25) is 5.02 Å². The second-order valence-electron chi connectivity index (χ2n) is 5.95. The number of nitrogens with one attached hydrogen (secondary N) is 1. The van der Waals surface area contributed by atoms with Crippen molar-refractivity contribution in [2.45, 2.75) is 26.2 Å². The maximum atomic E-state index is 12.6. The Bertz CT molecular complexity index is 654. The Morgan fingerprint density at radius 1 is 1.10 bits per heavy atom. The molecule has 0 saturated carbocycles. The monoisotopic (exact) mass is 302 g/mol. The first-order valence-electron chi connectivity index (χ1n) is 6.75. The van der Waals surface area contributed by atoms with Crippen LogP contribution in [-0.2, 0) is 5.41 Å². The Balaban J connectivity index is 2.38. The number of hydrogen-bond acceptors (Lipinski definition) is 2. The summed E-state index contributed by atoms with van der Waals surface area (Å²) >= 11 is 6.10. The van der Waals surface area contributed by atoms with Gasteiger partial charge in [-0.05, 0) is 29.2 Å². The molecular formula is C17H19ClN2O. The van der Waals surface area contributed by atoms with Gasteiger partial charge in [0.15, 0.2) is 0 Å². The molecule has 0 saturated heterocycles. The lowest BCUT2D eigenvalue weighted by Crippen LogP contribution is -2.21. The summed E-state index contributed by atoms with van der Waals surface area (Å²) in [6, 6.07) is 12.7. The minimum Gasteiger partial charge on any atom is -0.397 e.